The van der Waals surface area contributed by atoms with Crippen molar-refractivity contribution in [3.63, 3.8) is 0 Å². The van der Waals surface area contributed by atoms with Gasteiger partial charge >= 0.3 is 0 Å². The van der Waals surface area contributed by atoms with Crippen LogP contribution in [0.15, 0.2) is 42.6 Å². The van der Waals surface area contributed by atoms with E-state index in [2.05, 4.69) is 23.8 Å². The van der Waals surface area contributed by atoms with Crippen LogP contribution < -0.4 is 5.73 Å². The van der Waals surface area contributed by atoms with E-state index in [0.29, 0.717) is 11.7 Å². The monoisotopic (exact) mass is 227 g/mol. The topological polar surface area (TPSA) is 51.8 Å². The maximum Gasteiger partial charge on any atom is 0.149 e. The van der Waals surface area contributed by atoms with Gasteiger partial charge in [0.25, 0.3) is 0 Å². The van der Waals surface area contributed by atoms with Crippen LogP contribution in [0, 0.1) is 0 Å². The van der Waals surface area contributed by atoms with Crippen LogP contribution in [-0.2, 0) is 0 Å². The van der Waals surface area contributed by atoms with E-state index in [4.69, 9.17) is 5.73 Å². The summed E-state index contributed by atoms with van der Waals surface area (Å²) in [5.74, 6) is 1.07. The first kappa shape index (κ1) is 11.7. The van der Waals surface area contributed by atoms with Crippen LogP contribution in [0.4, 0.5) is 0 Å². The molecule has 1 heterocycles. The maximum absolute atomic E-state index is 6.16. The van der Waals surface area contributed by atoms with Crippen molar-refractivity contribution in [2.45, 2.75) is 25.8 Å². The van der Waals surface area contributed by atoms with Crippen LogP contribution >= 0.6 is 0 Å². The average molecular weight is 227 g/mol. The third-order valence-electron chi connectivity index (χ3n) is 2.72. The van der Waals surface area contributed by atoms with Gasteiger partial charge in [0.1, 0.15) is 5.82 Å². The Labute approximate surface area is 102 Å². The molecule has 2 N–H and O–H groups in total. The fourth-order valence-electron chi connectivity index (χ4n) is 1.67. The molecular weight excluding hydrogens is 210 g/mol. The standard InChI is InChI=1S/C14H17N3/c1-10(2)12-8-9-16-14(17-12)13(15)11-6-4-3-5-7-11/h3-10,13H,15H2,1-2H3. The molecule has 3 heteroatoms. The van der Waals surface area contributed by atoms with Crippen LogP contribution in [0.5, 0.6) is 0 Å². The van der Waals surface area contributed by atoms with Gasteiger partial charge in [0.2, 0.25) is 0 Å². The van der Waals surface area contributed by atoms with E-state index < -0.39 is 0 Å². The number of benzene rings is 1. The zero-order valence-electron chi connectivity index (χ0n) is 10.2. The van der Waals surface area contributed by atoms with Crippen molar-refractivity contribution >= 4 is 0 Å². The lowest BCUT2D eigenvalue weighted by atomic mass is 10.1. The number of aromatic nitrogens is 2. The summed E-state index contributed by atoms with van der Waals surface area (Å²) in [7, 11) is 0. The van der Waals surface area contributed by atoms with E-state index >= 15 is 0 Å². The van der Waals surface area contributed by atoms with Crippen molar-refractivity contribution in [1.82, 2.24) is 9.97 Å². The van der Waals surface area contributed by atoms with Gasteiger partial charge in [-0.1, -0.05) is 44.2 Å². The molecule has 0 spiro atoms. The predicted octanol–water partition coefficient (Wildman–Crippen LogP) is 2.65. The molecule has 0 aliphatic carbocycles. The van der Waals surface area contributed by atoms with Crippen LogP contribution in [0.3, 0.4) is 0 Å². The summed E-state index contributed by atoms with van der Waals surface area (Å²) in [5, 5.41) is 0. The van der Waals surface area contributed by atoms with E-state index in [9.17, 15) is 0 Å². The summed E-state index contributed by atoms with van der Waals surface area (Å²) in [6.45, 7) is 4.22. The Morgan fingerprint density at radius 2 is 1.76 bits per heavy atom. The normalized spacial score (nSPS) is 12.7. The number of hydrogen-bond acceptors (Lipinski definition) is 3. The summed E-state index contributed by atoms with van der Waals surface area (Å²) >= 11 is 0. The predicted molar refractivity (Wildman–Crippen MR) is 68.6 cm³/mol. The fourth-order valence-corrected chi connectivity index (χ4v) is 1.67. The van der Waals surface area contributed by atoms with E-state index in [1.807, 2.05) is 36.4 Å². The average Bonchev–Trinajstić information content (AvgIpc) is 2.39. The first-order valence-corrected chi connectivity index (χ1v) is 5.82. The Morgan fingerprint density at radius 3 is 2.41 bits per heavy atom. The molecule has 1 unspecified atom stereocenters. The molecule has 2 rings (SSSR count). The lowest BCUT2D eigenvalue weighted by Gasteiger charge is -2.12. The Kier molecular flexibility index (Phi) is 3.49. The van der Waals surface area contributed by atoms with E-state index in [-0.39, 0.29) is 6.04 Å². The molecule has 0 aliphatic rings. The molecule has 0 amide bonds. The van der Waals surface area contributed by atoms with Crippen LogP contribution in [0.1, 0.15) is 42.9 Å². The fraction of sp³-hybridized carbons (Fsp3) is 0.286. The summed E-state index contributed by atoms with van der Waals surface area (Å²) < 4.78 is 0. The molecule has 1 aromatic carbocycles. The van der Waals surface area contributed by atoms with Crippen molar-refractivity contribution in [1.29, 1.82) is 0 Å². The van der Waals surface area contributed by atoms with Gasteiger partial charge in [-0.3, -0.25) is 0 Å². The second-order valence-corrected chi connectivity index (χ2v) is 4.38. The second kappa shape index (κ2) is 5.06. The Hall–Kier alpha value is -1.74. The molecule has 88 valence electrons. The van der Waals surface area contributed by atoms with Crippen molar-refractivity contribution in [3.8, 4) is 0 Å². The van der Waals surface area contributed by atoms with Gasteiger partial charge in [-0.05, 0) is 17.5 Å². The molecule has 17 heavy (non-hydrogen) atoms. The maximum atomic E-state index is 6.16. The largest absolute Gasteiger partial charge is 0.318 e. The minimum Gasteiger partial charge on any atom is -0.318 e. The molecule has 1 atom stereocenters. The molecular formula is C14H17N3. The first-order chi connectivity index (χ1) is 8.18. The van der Waals surface area contributed by atoms with E-state index in [1.165, 1.54) is 0 Å². The molecule has 2 aromatic rings. The van der Waals surface area contributed by atoms with Gasteiger partial charge in [-0.15, -0.1) is 0 Å². The molecule has 0 bridgehead atoms. The number of nitrogens with zero attached hydrogens (tertiary/aromatic N) is 2. The summed E-state index contributed by atoms with van der Waals surface area (Å²) in [5.41, 5.74) is 8.22. The van der Waals surface area contributed by atoms with Gasteiger partial charge in [0.15, 0.2) is 0 Å². The molecule has 0 saturated carbocycles. The zero-order valence-corrected chi connectivity index (χ0v) is 10.2. The van der Waals surface area contributed by atoms with Gasteiger partial charge in [-0.25, -0.2) is 9.97 Å². The third-order valence-corrected chi connectivity index (χ3v) is 2.72. The highest BCUT2D eigenvalue weighted by Gasteiger charge is 2.12. The van der Waals surface area contributed by atoms with Gasteiger partial charge in [-0.2, -0.15) is 0 Å². The summed E-state index contributed by atoms with van der Waals surface area (Å²) in [6, 6.07) is 11.6. The van der Waals surface area contributed by atoms with Crippen molar-refractivity contribution in [3.05, 3.63) is 59.7 Å². The van der Waals surface area contributed by atoms with E-state index in [1.54, 1.807) is 6.20 Å². The van der Waals surface area contributed by atoms with E-state index in [0.717, 1.165) is 11.3 Å². The molecule has 1 aromatic heterocycles. The van der Waals surface area contributed by atoms with Gasteiger partial charge in [0.05, 0.1) is 6.04 Å². The summed E-state index contributed by atoms with van der Waals surface area (Å²) in [4.78, 5) is 8.77. The zero-order chi connectivity index (χ0) is 12.3. The molecule has 0 radical (unpaired) electrons. The van der Waals surface area contributed by atoms with Crippen molar-refractivity contribution < 1.29 is 0 Å². The number of nitrogens with two attached hydrogens (primary N) is 1. The highest BCUT2D eigenvalue weighted by atomic mass is 14.9. The third kappa shape index (κ3) is 2.68. The van der Waals surface area contributed by atoms with Gasteiger partial charge < -0.3 is 5.73 Å². The number of hydrogen-bond donors (Lipinski definition) is 1. The molecule has 0 saturated heterocycles. The number of rotatable bonds is 3. The molecule has 3 nitrogen and oxygen atoms in total. The summed E-state index contributed by atoms with van der Waals surface area (Å²) in [6.07, 6.45) is 1.78. The quantitative estimate of drug-likeness (QED) is 0.877. The van der Waals surface area contributed by atoms with Crippen LogP contribution in [-0.4, -0.2) is 9.97 Å². The molecule has 0 aliphatic heterocycles. The second-order valence-electron chi connectivity index (χ2n) is 4.38. The Bertz CT molecular complexity index is 480. The SMILES string of the molecule is CC(C)c1ccnc(C(N)c2ccccc2)n1. The van der Waals surface area contributed by atoms with Crippen molar-refractivity contribution in [2.75, 3.05) is 0 Å². The highest BCUT2D eigenvalue weighted by molar-refractivity contribution is 5.24. The Morgan fingerprint density at radius 1 is 1.06 bits per heavy atom. The van der Waals surface area contributed by atoms with Crippen LogP contribution in [0.25, 0.3) is 0 Å². The lowest BCUT2D eigenvalue weighted by molar-refractivity contribution is 0.734. The minimum absolute atomic E-state index is 0.255. The van der Waals surface area contributed by atoms with Crippen molar-refractivity contribution in [2.24, 2.45) is 5.73 Å². The van der Waals surface area contributed by atoms with Crippen LogP contribution in [0.2, 0.25) is 0 Å². The highest BCUT2D eigenvalue weighted by Crippen LogP contribution is 2.17. The lowest BCUT2D eigenvalue weighted by Crippen LogP contribution is -2.16. The molecule has 0 fully saturated rings. The minimum atomic E-state index is -0.255. The van der Waals surface area contributed by atoms with Gasteiger partial charge in [0, 0.05) is 11.9 Å². The smallest absolute Gasteiger partial charge is 0.149 e. The Balaban J connectivity index is 2.31. The first-order valence-electron chi connectivity index (χ1n) is 5.82.